The van der Waals surface area contributed by atoms with Gasteiger partial charge in [0.05, 0.1) is 30.2 Å². The molecule has 0 amide bonds. The minimum Gasteiger partial charge on any atom is -0.469 e. The molecule has 166 valence electrons. The fourth-order valence-electron chi connectivity index (χ4n) is 4.39. The predicted molar refractivity (Wildman–Crippen MR) is 121 cm³/mol. The average Bonchev–Trinajstić information content (AvgIpc) is 3.17. The van der Waals surface area contributed by atoms with Crippen LogP contribution in [0.1, 0.15) is 53.2 Å². The third-order valence-electron chi connectivity index (χ3n) is 5.75. The highest BCUT2D eigenvalue weighted by Crippen LogP contribution is 2.39. The molecule has 31 heavy (non-hydrogen) atoms. The van der Waals surface area contributed by atoms with Crippen LogP contribution in [-0.4, -0.2) is 43.6 Å². The first-order valence-electron chi connectivity index (χ1n) is 10.8. The Hall–Kier alpha value is -2.37. The van der Waals surface area contributed by atoms with Crippen molar-refractivity contribution in [1.82, 2.24) is 4.90 Å². The van der Waals surface area contributed by atoms with Gasteiger partial charge >= 0.3 is 11.9 Å². The molecule has 5 nitrogen and oxygen atoms in total. The number of benzene rings is 2. The molecule has 1 aliphatic heterocycles. The van der Waals surface area contributed by atoms with Gasteiger partial charge in [0, 0.05) is 25.6 Å². The molecule has 3 rings (SSSR count). The van der Waals surface area contributed by atoms with E-state index in [1.54, 1.807) is 6.92 Å². The quantitative estimate of drug-likeness (QED) is 0.545. The Bertz CT molecular complexity index is 915. The number of ether oxygens (including phenoxy) is 2. The van der Waals surface area contributed by atoms with Crippen molar-refractivity contribution in [2.75, 3.05) is 26.8 Å². The highest BCUT2D eigenvalue weighted by molar-refractivity contribution is 6.33. The first-order chi connectivity index (χ1) is 15.0. The Morgan fingerprint density at radius 3 is 2.48 bits per heavy atom. The first-order valence-corrected chi connectivity index (χ1v) is 11.2. The lowest BCUT2D eigenvalue weighted by atomic mass is 9.84. The summed E-state index contributed by atoms with van der Waals surface area (Å²) in [6.07, 6.45) is 1.80. The molecule has 0 saturated carbocycles. The van der Waals surface area contributed by atoms with Crippen LogP contribution in [-0.2, 0) is 27.2 Å². The molecule has 0 N–H and O–H groups in total. The third kappa shape index (κ3) is 5.46. The lowest BCUT2D eigenvalue weighted by molar-refractivity contribution is -0.145. The average molecular weight is 444 g/mol. The zero-order valence-electron chi connectivity index (χ0n) is 18.4. The first kappa shape index (κ1) is 23.3. The van der Waals surface area contributed by atoms with Crippen molar-refractivity contribution in [3.8, 4) is 0 Å². The van der Waals surface area contributed by atoms with Crippen molar-refractivity contribution in [1.29, 1.82) is 0 Å². The second-order valence-electron chi connectivity index (χ2n) is 7.93. The number of esters is 2. The van der Waals surface area contributed by atoms with Gasteiger partial charge in [-0.25, -0.2) is 4.79 Å². The minimum absolute atomic E-state index is 0.204. The number of halogens is 1. The lowest BCUT2D eigenvalue weighted by Gasteiger charge is -2.21. The molecule has 6 heteroatoms. The van der Waals surface area contributed by atoms with Crippen molar-refractivity contribution < 1.29 is 19.1 Å². The summed E-state index contributed by atoms with van der Waals surface area (Å²) in [6, 6.07) is 14.0. The van der Waals surface area contributed by atoms with Crippen LogP contribution < -0.4 is 0 Å². The largest absolute Gasteiger partial charge is 0.469 e. The molecular weight excluding hydrogens is 414 g/mol. The van der Waals surface area contributed by atoms with E-state index in [4.69, 9.17) is 21.1 Å². The third-order valence-corrected chi connectivity index (χ3v) is 6.04. The minimum atomic E-state index is -0.448. The molecule has 2 aromatic rings. The van der Waals surface area contributed by atoms with Crippen molar-refractivity contribution in [3.63, 3.8) is 0 Å². The Morgan fingerprint density at radius 2 is 1.84 bits per heavy atom. The maximum atomic E-state index is 12.8. The molecule has 1 heterocycles. The summed E-state index contributed by atoms with van der Waals surface area (Å²) in [5.41, 5.74) is 3.38. The number of hydrogen-bond acceptors (Lipinski definition) is 5. The molecular formula is C25H30ClNO4. The van der Waals surface area contributed by atoms with Crippen molar-refractivity contribution in [2.45, 2.75) is 39.2 Å². The molecule has 2 atom stereocenters. The van der Waals surface area contributed by atoms with Crippen LogP contribution >= 0.6 is 11.6 Å². The van der Waals surface area contributed by atoms with E-state index in [9.17, 15) is 9.59 Å². The van der Waals surface area contributed by atoms with Gasteiger partial charge in [-0.3, -0.25) is 9.69 Å². The molecule has 2 aromatic carbocycles. The highest BCUT2D eigenvalue weighted by Gasteiger charge is 2.41. The van der Waals surface area contributed by atoms with E-state index in [0.717, 1.165) is 30.5 Å². The number of carbonyl (C=O) groups excluding carboxylic acids is 2. The highest BCUT2D eigenvalue weighted by atomic mass is 35.5. The second-order valence-corrected chi connectivity index (χ2v) is 8.34. The topological polar surface area (TPSA) is 55.8 Å². The smallest absolute Gasteiger partial charge is 0.339 e. The van der Waals surface area contributed by atoms with E-state index in [2.05, 4.69) is 24.0 Å². The Kier molecular flexibility index (Phi) is 8.10. The molecule has 0 radical (unpaired) electrons. The van der Waals surface area contributed by atoms with E-state index in [0.29, 0.717) is 23.7 Å². The van der Waals surface area contributed by atoms with Crippen molar-refractivity contribution in [3.05, 3.63) is 69.7 Å². The molecule has 0 bridgehead atoms. The van der Waals surface area contributed by atoms with Crippen molar-refractivity contribution in [2.24, 2.45) is 5.92 Å². The number of hydrogen-bond donors (Lipinski definition) is 0. The number of carbonyl (C=O) groups is 2. The molecule has 0 aromatic heterocycles. The molecule has 0 spiro atoms. The number of likely N-dealkylation sites (tertiary alicyclic amines) is 1. The summed E-state index contributed by atoms with van der Waals surface area (Å²) in [5, 5.41) is 0.379. The Balaban J connectivity index is 2.01. The van der Waals surface area contributed by atoms with Gasteiger partial charge < -0.3 is 9.47 Å². The van der Waals surface area contributed by atoms with Crippen molar-refractivity contribution >= 4 is 23.5 Å². The van der Waals surface area contributed by atoms with Gasteiger partial charge in [0.25, 0.3) is 0 Å². The van der Waals surface area contributed by atoms with Crippen LogP contribution in [0.2, 0.25) is 5.02 Å². The zero-order chi connectivity index (χ0) is 22.4. The van der Waals surface area contributed by atoms with Gasteiger partial charge in [0.2, 0.25) is 0 Å². The van der Waals surface area contributed by atoms with Crippen LogP contribution in [0, 0.1) is 5.92 Å². The SMILES string of the molecule is CCCc1cc(Cl)c(C(=O)OCC)c(C2CN(Cc3ccccc3)CC2C(=O)OC)c1. The monoisotopic (exact) mass is 443 g/mol. The van der Waals surface area contributed by atoms with Crippen LogP contribution in [0.4, 0.5) is 0 Å². The standard InChI is InChI=1S/C25H30ClNO4/c1-4-9-18-12-19(23(22(26)13-18)25(29)31-5-2)20-15-27(16-21(20)24(28)30-3)14-17-10-7-6-8-11-17/h6-8,10-13,20-21H,4-5,9,14-16H2,1-3H3. The van der Waals surface area contributed by atoms with E-state index < -0.39 is 5.97 Å². The van der Waals surface area contributed by atoms with Crippen LogP contribution in [0.25, 0.3) is 0 Å². The fourth-order valence-corrected chi connectivity index (χ4v) is 4.72. The number of nitrogens with zero attached hydrogens (tertiary/aromatic N) is 1. The van der Waals surface area contributed by atoms with Crippen LogP contribution in [0.5, 0.6) is 0 Å². The van der Waals surface area contributed by atoms with Gasteiger partial charge in [-0.15, -0.1) is 0 Å². The zero-order valence-corrected chi connectivity index (χ0v) is 19.2. The molecule has 2 unspecified atom stereocenters. The summed E-state index contributed by atoms with van der Waals surface area (Å²) in [5.74, 6) is -1.30. The summed E-state index contributed by atoms with van der Waals surface area (Å²) in [7, 11) is 1.41. The number of aryl methyl sites for hydroxylation is 1. The van der Waals surface area contributed by atoms with E-state index in [1.807, 2.05) is 30.3 Å². The molecule has 0 aliphatic carbocycles. The summed E-state index contributed by atoms with van der Waals surface area (Å²) in [6.45, 7) is 6.04. The summed E-state index contributed by atoms with van der Waals surface area (Å²) >= 11 is 6.58. The number of rotatable bonds is 8. The Morgan fingerprint density at radius 1 is 1.10 bits per heavy atom. The normalized spacial score (nSPS) is 18.7. The van der Waals surface area contributed by atoms with Crippen LogP contribution in [0.15, 0.2) is 42.5 Å². The Labute approximate surface area is 189 Å². The second kappa shape index (κ2) is 10.8. The van der Waals surface area contributed by atoms with Gasteiger partial charge in [-0.05, 0) is 36.1 Å². The molecule has 1 saturated heterocycles. The fraction of sp³-hybridized carbons (Fsp3) is 0.440. The predicted octanol–water partition coefficient (Wildman–Crippen LogP) is 4.86. The molecule has 1 fully saturated rings. The van der Waals surface area contributed by atoms with Gasteiger partial charge in [0.15, 0.2) is 0 Å². The van der Waals surface area contributed by atoms with E-state index in [-0.39, 0.29) is 24.4 Å². The number of methoxy groups -OCH3 is 1. The maximum absolute atomic E-state index is 12.8. The van der Waals surface area contributed by atoms with E-state index >= 15 is 0 Å². The van der Waals surface area contributed by atoms with E-state index in [1.165, 1.54) is 12.7 Å². The summed E-state index contributed by atoms with van der Waals surface area (Å²) < 4.78 is 10.4. The van der Waals surface area contributed by atoms with Crippen LogP contribution in [0.3, 0.4) is 0 Å². The summed E-state index contributed by atoms with van der Waals surface area (Å²) in [4.78, 5) is 27.7. The van der Waals surface area contributed by atoms with Gasteiger partial charge in [-0.2, -0.15) is 0 Å². The molecule has 1 aliphatic rings. The lowest BCUT2D eigenvalue weighted by Crippen LogP contribution is -2.25. The van der Waals surface area contributed by atoms with Gasteiger partial charge in [0.1, 0.15) is 0 Å². The maximum Gasteiger partial charge on any atom is 0.339 e. The van der Waals surface area contributed by atoms with Gasteiger partial charge in [-0.1, -0.05) is 61.3 Å².